The summed E-state index contributed by atoms with van der Waals surface area (Å²) in [4.78, 5) is 8.87. The fourth-order valence-electron chi connectivity index (χ4n) is 2.82. The molecule has 4 nitrogen and oxygen atoms in total. The molecule has 1 saturated carbocycles. The normalized spacial score (nSPS) is 18.2. The van der Waals surface area contributed by atoms with Gasteiger partial charge in [-0.05, 0) is 39.2 Å². The molecule has 96 valence electrons. The maximum absolute atomic E-state index is 6.36. The number of rotatable bonds is 3. The summed E-state index contributed by atoms with van der Waals surface area (Å²) in [6, 6.07) is 2.44. The third kappa shape index (κ3) is 1.81. The number of nitrogens with zero attached hydrogens (tertiary/aromatic N) is 3. The molecule has 0 spiro atoms. The predicted octanol–water partition coefficient (Wildman–Crippen LogP) is 2.44. The number of nitrogens with two attached hydrogens (primary N) is 1. The van der Waals surface area contributed by atoms with Gasteiger partial charge in [0.15, 0.2) is 0 Å². The van der Waals surface area contributed by atoms with E-state index in [1.165, 1.54) is 6.42 Å². The highest BCUT2D eigenvalue weighted by Gasteiger charge is 2.34. The first-order valence-corrected chi connectivity index (χ1v) is 6.69. The van der Waals surface area contributed by atoms with Crippen molar-refractivity contribution in [2.24, 2.45) is 5.73 Å². The van der Waals surface area contributed by atoms with Crippen LogP contribution in [0.4, 0.5) is 0 Å². The quantitative estimate of drug-likeness (QED) is 0.902. The third-order valence-corrected chi connectivity index (χ3v) is 3.94. The molecule has 1 aliphatic rings. The van der Waals surface area contributed by atoms with Crippen molar-refractivity contribution in [2.75, 3.05) is 0 Å². The summed E-state index contributed by atoms with van der Waals surface area (Å²) < 4.78 is 2.30. The molecule has 2 N–H and O–H groups in total. The van der Waals surface area contributed by atoms with Gasteiger partial charge in [-0.3, -0.25) is 4.98 Å². The van der Waals surface area contributed by atoms with E-state index in [1.54, 1.807) is 0 Å². The highest BCUT2D eigenvalue weighted by Crippen LogP contribution is 2.33. The van der Waals surface area contributed by atoms with Gasteiger partial charge >= 0.3 is 0 Å². The van der Waals surface area contributed by atoms with Crippen LogP contribution < -0.4 is 5.73 Å². The number of aromatic nitrogens is 3. The van der Waals surface area contributed by atoms with Crippen molar-refractivity contribution >= 4 is 11.0 Å². The van der Waals surface area contributed by atoms with Crippen molar-refractivity contribution in [3.8, 4) is 0 Å². The van der Waals surface area contributed by atoms with E-state index in [4.69, 9.17) is 10.7 Å². The Kier molecular flexibility index (Phi) is 2.63. The van der Waals surface area contributed by atoms with Crippen LogP contribution in [-0.4, -0.2) is 20.1 Å². The second-order valence-electron chi connectivity index (χ2n) is 5.75. The molecule has 0 unspecified atom stereocenters. The van der Waals surface area contributed by atoms with Crippen LogP contribution in [0.2, 0.25) is 0 Å². The summed E-state index contributed by atoms with van der Waals surface area (Å²) >= 11 is 0. The predicted molar refractivity (Wildman–Crippen MR) is 72.4 cm³/mol. The van der Waals surface area contributed by atoms with E-state index in [1.807, 2.05) is 18.5 Å². The largest absolute Gasteiger partial charge is 0.325 e. The summed E-state index contributed by atoms with van der Waals surface area (Å²) in [7, 11) is 0. The van der Waals surface area contributed by atoms with E-state index < -0.39 is 0 Å². The first kappa shape index (κ1) is 11.7. The minimum Gasteiger partial charge on any atom is -0.325 e. The molecule has 0 amide bonds. The molecule has 3 rings (SSSR count). The molecule has 2 aromatic heterocycles. The Labute approximate surface area is 107 Å². The Hall–Kier alpha value is -1.42. The number of fused-ring (bicyclic) bond motifs is 1. The zero-order valence-corrected chi connectivity index (χ0v) is 11.1. The lowest BCUT2D eigenvalue weighted by molar-refractivity contribution is 0.240. The molecular formula is C14H20N4. The lowest BCUT2D eigenvalue weighted by Gasteiger charge is -2.38. The summed E-state index contributed by atoms with van der Waals surface area (Å²) in [6.45, 7) is 4.38. The lowest BCUT2D eigenvalue weighted by Crippen LogP contribution is -2.49. The summed E-state index contributed by atoms with van der Waals surface area (Å²) in [5.74, 6) is 1.11. The van der Waals surface area contributed by atoms with Crippen molar-refractivity contribution in [1.29, 1.82) is 0 Å². The second kappa shape index (κ2) is 4.05. The van der Waals surface area contributed by atoms with Crippen LogP contribution in [0.15, 0.2) is 18.5 Å². The Balaban J connectivity index is 2.07. The van der Waals surface area contributed by atoms with Gasteiger partial charge in [0.25, 0.3) is 0 Å². The van der Waals surface area contributed by atoms with Crippen LogP contribution in [0.5, 0.6) is 0 Å². The molecule has 0 aromatic carbocycles. The Bertz CT molecular complexity index is 566. The molecule has 4 heteroatoms. The van der Waals surface area contributed by atoms with Crippen LogP contribution in [0.1, 0.15) is 45.0 Å². The van der Waals surface area contributed by atoms with Gasteiger partial charge in [0.05, 0.1) is 11.7 Å². The van der Waals surface area contributed by atoms with Gasteiger partial charge in [-0.1, -0.05) is 0 Å². The van der Waals surface area contributed by atoms with Crippen LogP contribution in [-0.2, 0) is 6.42 Å². The molecule has 0 saturated heterocycles. The van der Waals surface area contributed by atoms with Crippen molar-refractivity contribution in [2.45, 2.75) is 51.1 Å². The van der Waals surface area contributed by atoms with Gasteiger partial charge in [0, 0.05) is 24.2 Å². The number of imidazole rings is 1. The van der Waals surface area contributed by atoms with Gasteiger partial charge in [-0.25, -0.2) is 4.98 Å². The molecule has 1 fully saturated rings. The fourth-order valence-corrected chi connectivity index (χ4v) is 2.82. The highest BCUT2D eigenvalue weighted by atomic mass is 15.1. The van der Waals surface area contributed by atoms with Crippen LogP contribution in [0.25, 0.3) is 11.0 Å². The Morgan fingerprint density at radius 3 is 2.83 bits per heavy atom. The van der Waals surface area contributed by atoms with Crippen LogP contribution in [0.3, 0.4) is 0 Å². The molecule has 1 aliphatic carbocycles. The topological polar surface area (TPSA) is 56.7 Å². The molecule has 2 aromatic rings. The van der Waals surface area contributed by atoms with E-state index in [2.05, 4.69) is 23.4 Å². The minimum atomic E-state index is -0.0263. The first-order chi connectivity index (χ1) is 8.59. The fraction of sp³-hybridized carbons (Fsp3) is 0.571. The second-order valence-corrected chi connectivity index (χ2v) is 5.75. The van der Waals surface area contributed by atoms with Crippen molar-refractivity contribution in [3.63, 3.8) is 0 Å². The molecule has 18 heavy (non-hydrogen) atoms. The van der Waals surface area contributed by atoms with Gasteiger partial charge in [0.1, 0.15) is 11.3 Å². The van der Waals surface area contributed by atoms with E-state index in [-0.39, 0.29) is 5.54 Å². The lowest BCUT2D eigenvalue weighted by atomic mass is 9.75. The highest BCUT2D eigenvalue weighted by molar-refractivity contribution is 5.74. The molecule has 0 aliphatic heterocycles. The standard InChI is InChI=1S/C14H20N4/c1-10(2)18-12-4-7-16-9-11(12)17-13(18)8-14(15)5-3-6-14/h4,7,9-10H,3,5-6,8,15H2,1-2H3. The maximum Gasteiger partial charge on any atom is 0.112 e. The van der Waals surface area contributed by atoms with Crippen molar-refractivity contribution in [1.82, 2.24) is 14.5 Å². The van der Waals surface area contributed by atoms with Gasteiger partial charge in [0.2, 0.25) is 0 Å². The van der Waals surface area contributed by atoms with E-state index in [9.17, 15) is 0 Å². The van der Waals surface area contributed by atoms with Gasteiger partial charge in [-0.2, -0.15) is 0 Å². The molecule has 0 bridgehead atoms. The van der Waals surface area contributed by atoms with Crippen molar-refractivity contribution in [3.05, 3.63) is 24.3 Å². The summed E-state index contributed by atoms with van der Waals surface area (Å²) in [6.07, 6.45) is 8.02. The monoisotopic (exact) mass is 244 g/mol. The van der Waals surface area contributed by atoms with Gasteiger partial charge in [-0.15, -0.1) is 0 Å². The number of hydrogen-bond donors (Lipinski definition) is 1. The zero-order chi connectivity index (χ0) is 12.8. The summed E-state index contributed by atoms with van der Waals surface area (Å²) in [5.41, 5.74) is 8.47. The third-order valence-electron chi connectivity index (χ3n) is 3.94. The smallest absolute Gasteiger partial charge is 0.112 e. The number of hydrogen-bond acceptors (Lipinski definition) is 3. The first-order valence-electron chi connectivity index (χ1n) is 6.69. The number of pyridine rings is 1. The molecule has 0 radical (unpaired) electrons. The maximum atomic E-state index is 6.36. The average Bonchev–Trinajstić information content (AvgIpc) is 2.64. The van der Waals surface area contributed by atoms with Gasteiger partial charge < -0.3 is 10.3 Å². The van der Waals surface area contributed by atoms with E-state index in [0.717, 1.165) is 36.1 Å². The molecule has 0 atom stereocenters. The van der Waals surface area contributed by atoms with E-state index >= 15 is 0 Å². The van der Waals surface area contributed by atoms with E-state index in [0.29, 0.717) is 6.04 Å². The van der Waals surface area contributed by atoms with Crippen LogP contribution in [0, 0.1) is 0 Å². The van der Waals surface area contributed by atoms with Crippen molar-refractivity contribution < 1.29 is 0 Å². The average molecular weight is 244 g/mol. The molecular weight excluding hydrogens is 224 g/mol. The minimum absolute atomic E-state index is 0.0263. The zero-order valence-electron chi connectivity index (χ0n) is 11.1. The summed E-state index contributed by atoms with van der Waals surface area (Å²) in [5, 5.41) is 0. The SMILES string of the molecule is CC(C)n1c(CC2(N)CCC2)nc2cnccc21. The molecule has 2 heterocycles. The van der Waals surface area contributed by atoms with Crippen LogP contribution >= 0.6 is 0 Å². The Morgan fingerprint density at radius 2 is 2.22 bits per heavy atom. The Morgan fingerprint density at radius 1 is 1.44 bits per heavy atom.